The number of hydrogen-bond acceptors (Lipinski definition) is 5. The quantitative estimate of drug-likeness (QED) is 0.437. The van der Waals surface area contributed by atoms with Gasteiger partial charge in [0.05, 0.1) is 9.40 Å². The highest BCUT2D eigenvalue weighted by atomic mass is 79.9. The second-order valence-electron chi connectivity index (χ2n) is 3.85. The molecule has 0 aliphatic carbocycles. The van der Waals surface area contributed by atoms with Crippen LogP contribution in [0.3, 0.4) is 0 Å². The zero-order valence-corrected chi connectivity index (χ0v) is 11.5. The van der Waals surface area contributed by atoms with Crippen molar-refractivity contribution in [2.75, 3.05) is 18.5 Å². The molecule has 0 saturated carbocycles. The number of aliphatic hydroxyl groups is 1. The lowest BCUT2D eigenvalue weighted by Gasteiger charge is -2.06. The van der Waals surface area contributed by atoms with E-state index in [-0.39, 0.29) is 12.3 Å². The average Bonchev–Trinajstić information content (AvgIpc) is 2.35. The molecule has 1 aromatic heterocycles. The molecule has 0 aliphatic heterocycles. The van der Waals surface area contributed by atoms with Crippen molar-refractivity contribution in [3.05, 3.63) is 26.9 Å². The summed E-state index contributed by atoms with van der Waals surface area (Å²) in [5.74, 6) is 0.614. The molecule has 1 rings (SSSR count). The molecule has 0 bridgehead atoms. The number of nitro groups is 1. The van der Waals surface area contributed by atoms with Crippen LogP contribution in [-0.2, 0) is 0 Å². The van der Waals surface area contributed by atoms with Crippen molar-refractivity contribution in [3.63, 3.8) is 0 Å². The number of aliphatic hydroxyl groups excluding tert-OH is 1. The van der Waals surface area contributed by atoms with Gasteiger partial charge in [-0.25, -0.2) is 4.98 Å². The number of halogens is 1. The minimum absolute atomic E-state index is 0.0321. The first-order chi connectivity index (χ1) is 8.65. The number of nitrogens with zero attached hydrogens (tertiary/aromatic N) is 2. The van der Waals surface area contributed by atoms with Crippen LogP contribution in [0.15, 0.2) is 16.7 Å². The average molecular weight is 318 g/mol. The molecule has 2 N–H and O–H groups in total. The predicted octanol–water partition coefficient (Wildman–Crippen LogP) is 2.72. The van der Waals surface area contributed by atoms with Crippen LogP contribution in [0, 0.1) is 10.1 Å². The van der Waals surface area contributed by atoms with Crippen LogP contribution < -0.4 is 5.32 Å². The molecule has 7 heteroatoms. The van der Waals surface area contributed by atoms with E-state index in [0.29, 0.717) is 10.3 Å². The summed E-state index contributed by atoms with van der Waals surface area (Å²) in [5, 5.41) is 22.3. The molecule has 1 aromatic rings. The van der Waals surface area contributed by atoms with Crippen molar-refractivity contribution in [1.82, 2.24) is 4.98 Å². The van der Waals surface area contributed by atoms with Crippen LogP contribution in [0.2, 0.25) is 0 Å². The number of hydrogen-bond donors (Lipinski definition) is 2. The molecular formula is C11H16BrN3O3. The smallest absolute Gasteiger partial charge is 0.288 e. The highest BCUT2D eigenvalue weighted by Crippen LogP contribution is 2.24. The third kappa shape index (κ3) is 4.97. The zero-order chi connectivity index (χ0) is 13.4. The van der Waals surface area contributed by atoms with E-state index in [9.17, 15) is 10.1 Å². The maximum Gasteiger partial charge on any atom is 0.288 e. The summed E-state index contributed by atoms with van der Waals surface area (Å²) in [5.41, 5.74) is -0.0321. The molecule has 100 valence electrons. The van der Waals surface area contributed by atoms with Crippen molar-refractivity contribution in [2.24, 2.45) is 0 Å². The van der Waals surface area contributed by atoms with Gasteiger partial charge in [0, 0.05) is 19.2 Å². The molecule has 6 nitrogen and oxygen atoms in total. The van der Waals surface area contributed by atoms with E-state index in [1.807, 2.05) is 0 Å². The first-order valence-electron chi connectivity index (χ1n) is 5.80. The standard InChI is InChI=1S/C11H16BrN3O3/c12-10-7-9(15(17)18)8-14-11(10)13-5-3-1-2-4-6-16/h7-8,16H,1-6H2,(H,13,14). The summed E-state index contributed by atoms with van der Waals surface area (Å²) in [7, 11) is 0. The molecule has 1 heterocycles. The van der Waals surface area contributed by atoms with Crippen molar-refractivity contribution < 1.29 is 10.0 Å². The number of pyridine rings is 1. The fourth-order valence-corrected chi connectivity index (χ4v) is 1.93. The lowest BCUT2D eigenvalue weighted by molar-refractivity contribution is -0.385. The van der Waals surface area contributed by atoms with E-state index in [1.165, 1.54) is 12.3 Å². The van der Waals surface area contributed by atoms with E-state index >= 15 is 0 Å². The van der Waals surface area contributed by atoms with Gasteiger partial charge in [-0.2, -0.15) is 0 Å². The maximum absolute atomic E-state index is 10.5. The van der Waals surface area contributed by atoms with Crippen molar-refractivity contribution in [1.29, 1.82) is 0 Å². The van der Waals surface area contributed by atoms with Crippen LogP contribution >= 0.6 is 15.9 Å². The monoisotopic (exact) mass is 317 g/mol. The summed E-state index contributed by atoms with van der Waals surface area (Å²) < 4.78 is 0.590. The summed E-state index contributed by atoms with van der Waals surface area (Å²) in [4.78, 5) is 14.0. The Morgan fingerprint density at radius 1 is 1.39 bits per heavy atom. The SMILES string of the molecule is O=[N+]([O-])c1cnc(NCCCCCCO)c(Br)c1. The van der Waals surface area contributed by atoms with Gasteiger partial charge in [0.15, 0.2) is 0 Å². The number of aromatic nitrogens is 1. The zero-order valence-electron chi connectivity index (χ0n) is 9.93. The molecule has 0 unspecified atom stereocenters. The fraction of sp³-hybridized carbons (Fsp3) is 0.545. The van der Waals surface area contributed by atoms with Gasteiger partial charge in [0.2, 0.25) is 0 Å². The Labute approximate surface area is 114 Å². The predicted molar refractivity (Wildman–Crippen MR) is 72.6 cm³/mol. The maximum atomic E-state index is 10.5. The first-order valence-corrected chi connectivity index (χ1v) is 6.59. The van der Waals surface area contributed by atoms with Gasteiger partial charge >= 0.3 is 0 Å². The molecule has 0 saturated heterocycles. The summed E-state index contributed by atoms with van der Waals surface area (Å²) in [6.45, 7) is 0.998. The minimum atomic E-state index is -0.476. The van der Waals surface area contributed by atoms with Gasteiger partial charge in [0.25, 0.3) is 5.69 Å². The second-order valence-corrected chi connectivity index (χ2v) is 4.70. The molecule has 0 aliphatic rings. The Bertz CT molecular complexity index is 401. The summed E-state index contributed by atoms with van der Waals surface area (Å²) in [6.07, 6.45) is 5.09. The third-order valence-electron chi connectivity index (χ3n) is 2.41. The molecule has 0 aromatic carbocycles. The molecule has 0 atom stereocenters. The van der Waals surface area contributed by atoms with Gasteiger partial charge in [0.1, 0.15) is 12.0 Å². The minimum Gasteiger partial charge on any atom is -0.396 e. The Balaban J connectivity index is 2.36. The largest absolute Gasteiger partial charge is 0.396 e. The van der Waals surface area contributed by atoms with Gasteiger partial charge in [-0.05, 0) is 28.8 Å². The topological polar surface area (TPSA) is 88.3 Å². The van der Waals surface area contributed by atoms with Crippen molar-refractivity contribution in [3.8, 4) is 0 Å². The Kier molecular flexibility index (Phi) is 6.59. The van der Waals surface area contributed by atoms with Crippen LogP contribution in [0.1, 0.15) is 25.7 Å². The number of nitrogens with one attached hydrogen (secondary N) is 1. The van der Waals surface area contributed by atoms with Crippen LogP contribution in [0.5, 0.6) is 0 Å². The summed E-state index contributed by atoms with van der Waals surface area (Å²) >= 11 is 3.25. The first kappa shape index (κ1) is 14.8. The Hall–Kier alpha value is -1.21. The molecule has 0 radical (unpaired) electrons. The molecule has 0 spiro atoms. The molecule has 0 fully saturated rings. The van der Waals surface area contributed by atoms with E-state index in [1.54, 1.807) is 0 Å². The normalized spacial score (nSPS) is 10.3. The Morgan fingerprint density at radius 3 is 2.72 bits per heavy atom. The van der Waals surface area contributed by atoms with Crippen LogP contribution in [0.25, 0.3) is 0 Å². The van der Waals surface area contributed by atoms with Crippen LogP contribution in [-0.4, -0.2) is 28.2 Å². The van der Waals surface area contributed by atoms with E-state index in [4.69, 9.17) is 5.11 Å². The fourth-order valence-electron chi connectivity index (χ4n) is 1.45. The lowest BCUT2D eigenvalue weighted by atomic mass is 10.2. The highest BCUT2D eigenvalue weighted by Gasteiger charge is 2.09. The van der Waals surface area contributed by atoms with Crippen LogP contribution in [0.4, 0.5) is 11.5 Å². The highest BCUT2D eigenvalue weighted by molar-refractivity contribution is 9.10. The number of unbranched alkanes of at least 4 members (excludes halogenated alkanes) is 3. The van der Waals surface area contributed by atoms with Gasteiger partial charge in [-0.3, -0.25) is 10.1 Å². The van der Waals surface area contributed by atoms with E-state index < -0.39 is 4.92 Å². The van der Waals surface area contributed by atoms with Gasteiger partial charge < -0.3 is 10.4 Å². The van der Waals surface area contributed by atoms with Crippen molar-refractivity contribution in [2.45, 2.75) is 25.7 Å². The number of anilines is 1. The molecular weight excluding hydrogens is 302 g/mol. The van der Waals surface area contributed by atoms with Gasteiger partial charge in [-0.1, -0.05) is 12.8 Å². The summed E-state index contributed by atoms with van der Waals surface area (Å²) in [6, 6.07) is 1.43. The molecule has 18 heavy (non-hydrogen) atoms. The van der Waals surface area contributed by atoms with Gasteiger partial charge in [-0.15, -0.1) is 0 Å². The third-order valence-corrected chi connectivity index (χ3v) is 3.02. The number of rotatable bonds is 8. The van der Waals surface area contributed by atoms with E-state index in [2.05, 4.69) is 26.2 Å². The van der Waals surface area contributed by atoms with Crippen molar-refractivity contribution >= 4 is 27.4 Å². The van der Waals surface area contributed by atoms with E-state index in [0.717, 1.165) is 32.2 Å². The lowest BCUT2D eigenvalue weighted by Crippen LogP contribution is -2.04. The Morgan fingerprint density at radius 2 is 2.11 bits per heavy atom. The second kappa shape index (κ2) is 7.99. The molecule has 0 amide bonds.